The summed E-state index contributed by atoms with van der Waals surface area (Å²) < 4.78 is 1.17. The van der Waals surface area contributed by atoms with Crippen molar-refractivity contribution in [2.45, 2.75) is 45.6 Å². The molecule has 4 nitrogen and oxygen atoms in total. The van der Waals surface area contributed by atoms with Gasteiger partial charge in [0.2, 0.25) is 0 Å². The van der Waals surface area contributed by atoms with E-state index >= 15 is 0 Å². The van der Waals surface area contributed by atoms with Gasteiger partial charge < -0.3 is 0 Å². The van der Waals surface area contributed by atoms with Crippen LogP contribution in [0.15, 0.2) is 16.2 Å². The largest absolute Gasteiger partial charge is 0.276 e. The minimum Gasteiger partial charge on any atom is -0.276 e. The van der Waals surface area contributed by atoms with Crippen LogP contribution in [0.2, 0.25) is 0 Å². The van der Waals surface area contributed by atoms with E-state index in [1.54, 1.807) is 6.08 Å². The van der Waals surface area contributed by atoms with Crippen LogP contribution < -0.4 is 10.9 Å². The van der Waals surface area contributed by atoms with E-state index in [0.717, 1.165) is 6.42 Å². The number of aliphatic imine (C=N–C) groups is 1. The second kappa shape index (κ2) is 6.99. The lowest BCUT2D eigenvalue weighted by molar-refractivity contribution is 0.336. The molecular weight excluding hydrogens is 247 g/mol. The first-order valence-electron chi connectivity index (χ1n) is 5.56. The lowest BCUT2D eigenvalue weighted by atomic mass is 10.1. The first-order chi connectivity index (χ1) is 7.61. The number of nitrogens with one attached hydrogen (secondary N) is 2. The molecule has 2 N–H and O–H groups in total. The van der Waals surface area contributed by atoms with Crippen LogP contribution in [0.25, 0.3) is 0 Å². The Hall–Kier alpha value is -0.450. The van der Waals surface area contributed by atoms with Crippen molar-refractivity contribution in [1.29, 1.82) is 0 Å². The SMILES string of the molecule is CCCCCC(C)N=C1C=C(Cl)NN(Cl)N1. The van der Waals surface area contributed by atoms with E-state index in [4.69, 9.17) is 23.4 Å². The summed E-state index contributed by atoms with van der Waals surface area (Å²) in [7, 11) is 0. The maximum atomic E-state index is 5.82. The Morgan fingerprint density at radius 2 is 2.19 bits per heavy atom. The van der Waals surface area contributed by atoms with Crippen molar-refractivity contribution in [3.8, 4) is 0 Å². The average Bonchev–Trinajstić information content (AvgIpc) is 2.16. The molecule has 92 valence electrons. The highest BCUT2D eigenvalue weighted by Gasteiger charge is 2.12. The topological polar surface area (TPSA) is 39.7 Å². The summed E-state index contributed by atoms with van der Waals surface area (Å²) in [5, 5.41) is 0.452. The summed E-state index contributed by atoms with van der Waals surface area (Å²) in [6, 6.07) is 0.276. The normalized spacial score (nSPS) is 21.2. The number of halogens is 2. The van der Waals surface area contributed by atoms with Crippen LogP contribution in [-0.2, 0) is 0 Å². The van der Waals surface area contributed by atoms with Crippen LogP contribution in [0.5, 0.6) is 0 Å². The fourth-order valence-electron chi connectivity index (χ4n) is 1.46. The maximum absolute atomic E-state index is 5.82. The van der Waals surface area contributed by atoms with Gasteiger partial charge in [-0.3, -0.25) is 15.8 Å². The zero-order chi connectivity index (χ0) is 12.0. The molecule has 1 unspecified atom stereocenters. The molecular formula is C10H18Cl2N4. The first kappa shape index (κ1) is 13.6. The Balaban J connectivity index is 2.45. The fraction of sp³-hybridized carbons (Fsp3) is 0.700. The molecule has 0 bridgehead atoms. The molecule has 1 rings (SSSR count). The summed E-state index contributed by atoms with van der Waals surface area (Å²) in [4.78, 5) is 4.49. The minimum absolute atomic E-state index is 0.276. The van der Waals surface area contributed by atoms with Crippen LogP contribution in [-0.4, -0.2) is 16.5 Å². The molecule has 0 spiro atoms. The molecule has 0 aromatic heterocycles. The standard InChI is InChI=1S/C10H18Cl2N4/c1-3-4-5-6-8(2)13-10-7-9(11)14-16(12)15-10/h7-8,14H,3-6H2,1-2H3,(H,13,15). The molecule has 1 aliphatic rings. The molecule has 0 aromatic carbocycles. The van der Waals surface area contributed by atoms with E-state index in [1.807, 2.05) is 0 Å². The lowest BCUT2D eigenvalue weighted by Crippen LogP contribution is -2.46. The second-order valence-corrected chi connectivity index (χ2v) is 4.60. The summed E-state index contributed by atoms with van der Waals surface area (Å²) >= 11 is 11.5. The predicted molar refractivity (Wildman–Crippen MR) is 68.9 cm³/mol. The Labute approximate surface area is 107 Å². The van der Waals surface area contributed by atoms with Gasteiger partial charge in [0.1, 0.15) is 11.0 Å². The average molecular weight is 265 g/mol. The monoisotopic (exact) mass is 264 g/mol. The third-order valence-electron chi connectivity index (χ3n) is 2.27. The van der Waals surface area contributed by atoms with Gasteiger partial charge in [-0.2, -0.15) is 0 Å². The number of unbranched alkanes of at least 4 members (excludes halogenated alkanes) is 2. The van der Waals surface area contributed by atoms with Gasteiger partial charge in [0, 0.05) is 23.9 Å². The highest BCUT2D eigenvalue weighted by molar-refractivity contribution is 6.31. The highest BCUT2D eigenvalue weighted by atomic mass is 35.5. The van der Waals surface area contributed by atoms with Crippen molar-refractivity contribution in [3.05, 3.63) is 11.2 Å². The van der Waals surface area contributed by atoms with Crippen molar-refractivity contribution in [1.82, 2.24) is 15.5 Å². The predicted octanol–water partition coefficient (Wildman–Crippen LogP) is 2.91. The molecule has 6 heteroatoms. The van der Waals surface area contributed by atoms with Crippen LogP contribution in [0, 0.1) is 0 Å². The molecule has 0 saturated carbocycles. The second-order valence-electron chi connectivity index (χ2n) is 3.86. The van der Waals surface area contributed by atoms with Gasteiger partial charge in [0.05, 0.1) is 0 Å². The van der Waals surface area contributed by atoms with Gasteiger partial charge in [0.25, 0.3) is 0 Å². The number of rotatable bonds is 5. The molecule has 0 aromatic rings. The van der Waals surface area contributed by atoms with Gasteiger partial charge in [-0.25, -0.2) is 0 Å². The summed E-state index contributed by atoms with van der Waals surface area (Å²) in [6.07, 6.45) is 6.49. The number of nitrogens with zero attached hydrogens (tertiary/aromatic N) is 2. The number of hydrogen-bond donors (Lipinski definition) is 2. The highest BCUT2D eigenvalue weighted by Crippen LogP contribution is 2.09. The third-order valence-corrected chi connectivity index (χ3v) is 2.63. The van der Waals surface area contributed by atoms with E-state index in [0.29, 0.717) is 11.0 Å². The zero-order valence-corrected chi connectivity index (χ0v) is 11.1. The zero-order valence-electron chi connectivity index (χ0n) is 9.63. The molecule has 0 radical (unpaired) electrons. The quantitative estimate of drug-likeness (QED) is 0.456. The fourth-order valence-corrected chi connectivity index (χ4v) is 1.87. The van der Waals surface area contributed by atoms with Gasteiger partial charge in [-0.05, 0) is 18.0 Å². The molecule has 1 atom stereocenters. The lowest BCUT2D eigenvalue weighted by Gasteiger charge is -2.22. The molecule has 16 heavy (non-hydrogen) atoms. The Morgan fingerprint density at radius 1 is 1.44 bits per heavy atom. The van der Waals surface area contributed by atoms with Crippen LogP contribution in [0.3, 0.4) is 0 Å². The van der Waals surface area contributed by atoms with Crippen molar-refractivity contribution in [2.75, 3.05) is 0 Å². The third kappa shape index (κ3) is 5.05. The molecule has 1 heterocycles. The van der Waals surface area contributed by atoms with E-state index in [-0.39, 0.29) is 6.04 Å². The Kier molecular flexibility index (Phi) is 5.95. The molecule has 1 aliphatic heterocycles. The van der Waals surface area contributed by atoms with Gasteiger partial charge in [0.15, 0.2) is 0 Å². The van der Waals surface area contributed by atoms with Gasteiger partial charge in [-0.1, -0.05) is 37.8 Å². The minimum atomic E-state index is 0.276. The van der Waals surface area contributed by atoms with Crippen molar-refractivity contribution in [3.63, 3.8) is 0 Å². The van der Waals surface area contributed by atoms with E-state index in [9.17, 15) is 0 Å². The number of amidine groups is 1. The van der Waals surface area contributed by atoms with Crippen molar-refractivity contribution in [2.24, 2.45) is 4.99 Å². The number of hydrogen-bond acceptors (Lipinski definition) is 3. The molecule has 0 saturated heterocycles. The molecule has 0 aliphatic carbocycles. The van der Waals surface area contributed by atoms with Crippen LogP contribution >= 0.6 is 23.4 Å². The van der Waals surface area contributed by atoms with E-state index in [1.165, 1.54) is 23.9 Å². The summed E-state index contributed by atoms with van der Waals surface area (Å²) in [5.41, 5.74) is 5.51. The molecule has 0 fully saturated rings. The number of hydrazine groups is 2. The smallest absolute Gasteiger partial charge is 0.141 e. The van der Waals surface area contributed by atoms with Crippen LogP contribution in [0.4, 0.5) is 0 Å². The van der Waals surface area contributed by atoms with Crippen molar-refractivity contribution >= 4 is 29.2 Å². The van der Waals surface area contributed by atoms with E-state index < -0.39 is 0 Å². The van der Waals surface area contributed by atoms with Crippen molar-refractivity contribution < 1.29 is 0 Å². The maximum Gasteiger partial charge on any atom is 0.141 e. The Morgan fingerprint density at radius 3 is 2.81 bits per heavy atom. The van der Waals surface area contributed by atoms with E-state index in [2.05, 4.69) is 29.7 Å². The Bertz CT molecular complexity index is 278. The molecule has 0 amide bonds. The van der Waals surface area contributed by atoms with Gasteiger partial charge in [-0.15, -0.1) is 0 Å². The summed E-state index contributed by atoms with van der Waals surface area (Å²) in [6.45, 7) is 4.28. The van der Waals surface area contributed by atoms with Gasteiger partial charge >= 0.3 is 0 Å². The summed E-state index contributed by atoms with van der Waals surface area (Å²) in [5.74, 6) is 0.683. The van der Waals surface area contributed by atoms with Crippen LogP contribution in [0.1, 0.15) is 39.5 Å². The first-order valence-corrected chi connectivity index (χ1v) is 6.27.